The zero-order chi connectivity index (χ0) is 14.3. The van der Waals surface area contributed by atoms with Crippen molar-refractivity contribution in [2.45, 2.75) is 25.9 Å². The van der Waals surface area contributed by atoms with Crippen molar-refractivity contribution in [3.05, 3.63) is 24.2 Å². The van der Waals surface area contributed by atoms with Gasteiger partial charge in [0.25, 0.3) is 6.43 Å². The fraction of sp³-hybridized carbons (Fsp3) is 0.583. The van der Waals surface area contributed by atoms with Crippen LogP contribution in [0.2, 0.25) is 0 Å². The largest absolute Gasteiger partial charge is 0.466 e. The number of furan rings is 1. The number of aliphatic hydroxyl groups is 1. The number of nitrogens with one attached hydrogen (secondary N) is 2. The van der Waals surface area contributed by atoms with Crippen LogP contribution in [0.15, 0.2) is 27.8 Å². The second-order valence-electron chi connectivity index (χ2n) is 4.22. The molecule has 5 nitrogen and oxygen atoms in total. The van der Waals surface area contributed by atoms with E-state index in [4.69, 9.17) is 4.42 Å². The van der Waals surface area contributed by atoms with Crippen molar-refractivity contribution < 1.29 is 18.3 Å². The van der Waals surface area contributed by atoms with Gasteiger partial charge in [0.05, 0.1) is 19.4 Å². The zero-order valence-corrected chi connectivity index (χ0v) is 13.7. The van der Waals surface area contributed by atoms with Crippen molar-refractivity contribution in [3.8, 4) is 0 Å². The predicted octanol–water partition coefficient (Wildman–Crippen LogP) is 1.93. The van der Waals surface area contributed by atoms with E-state index in [2.05, 4.69) is 15.6 Å². The van der Waals surface area contributed by atoms with Crippen molar-refractivity contribution in [2.24, 2.45) is 4.99 Å². The van der Waals surface area contributed by atoms with E-state index >= 15 is 0 Å². The smallest absolute Gasteiger partial charge is 0.255 e. The lowest BCUT2D eigenvalue weighted by Gasteiger charge is -2.19. The molecule has 0 aromatic carbocycles. The van der Waals surface area contributed by atoms with Gasteiger partial charge in [-0.05, 0) is 26.0 Å². The molecule has 0 fully saturated rings. The molecule has 0 aliphatic heterocycles. The summed E-state index contributed by atoms with van der Waals surface area (Å²) in [6.07, 6.45) is -1.01. The van der Waals surface area contributed by atoms with Gasteiger partial charge in [-0.3, -0.25) is 0 Å². The van der Waals surface area contributed by atoms with Gasteiger partial charge in [-0.1, -0.05) is 0 Å². The quantitative estimate of drug-likeness (QED) is 0.386. The van der Waals surface area contributed by atoms with Crippen LogP contribution < -0.4 is 10.6 Å². The van der Waals surface area contributed by atoms with Gasteiger partial charge < -0.3 is 20.2 Å². The minimum absolute atomic E-state index is 0. The summed E-state index contributed by atoms with van der Waals surface area (Å²) >= 11 is 0. The number of alkyl halides is 2. The van der Waals surface area contributed by atoms with Crippen LogP contribution in [0.1, 0.15) is 19.6 Å². The van der Waals surface area contributed by atoms with Gasteiger partial charge in [-0.2, -0.15) is 0 Å². The molecule has 1 heterocycles. The summed E-state index contributed by atoms with van der Waals surface area (Å²) in [5.74, 6) is 0.607. The zero-order valence-electron chi connectivity index (χ0n) is 11.4. The summed E-state index contributed by atoms with van der Waals surface area (Å²) in [7, 11) is 0. The highest BCUT2D eigenvalue weighted by Crippen LogP contribution is 2.20. The summed E-state index contributed by atoms with van der Waals surface area (Å²) in [4.78, 5) is 4.06. The van der Waals surface area contributed by atoms with Crippen LogP contribution in [0.5, 0.6) is 0 Å². The maximum Gasteiger partial charge on any atom is 0.255 e. The van der Waals surface area contributed by atoms with E-state index in [1.165, 1.54) is 6.26 Å². The molecule has 1 atom stereocenters. The van der Waals surface area contributed by atoms with Crippen LogP contribution in [-0.4, -0.2) is 37.1 Å². The van der Waals surface area contributed by atoms with Crippen molar-refractivity contribution in [2.75, 3.05) is 19.6 Å². The second kappa shape index (κ2) is 9.11. The van der Waals surface area contributed by atoms with E-state index in [1.54, 1.807) is 19.1 Å². The molecule has 0 saturated heterocycles. The van der Waals surface area contributed by atoms with Crippen molar-refractivity contribution in [1.82, 2.24) is 10.6 Å². The molecule has 1 aromatic heterocycles. The number of guanidine groups is 1. The molecule has 1 unspecified atom stereocenters. The Morgan fingerprint density at radius 3 is 2.70 bits per heavy atom. The number of hydrogen-bond donors (Lipinski definition) is 3. The Balaban J connectivity index is 0.00000361. The summed E-state index contributed by atoms with van der Waals surface area (Å²) in [6, 6.07) is 3.29. The molecule has 3 N–H and O–H groups in total. The molecule has 0 amide bonds. The highest BCUT2D eigenvalue weighted by Gasteiger charge is 2.26. The molecular weight excluding hydrogens is 383 g/mol. The molecule has 20 heavy (non-hydrogen) atoms. The molecular formula is C12H20F2IN3O2. The number of halogens is 3. The van der Waals surface area contributed by atoms with Crippen molar-refractivity contribution in [3.63, 3.8) is 0 Å². The highest BCUT2D eigenvalue weighted by atomic mass is 127. The van der Waals surface area contributed by atoms with Crippen LogP contribution in [-0.2, 0) is 5.60 Å². The normalized spacial score (nSPS) is 14.6. The van der Waals surface area contributed by atoms with Gasteiger partial charge >= 0.3 is 0 Å². The molecule has 0 radical (unpaired) electrons. The third kappa shape index (κ3) is 6.51. The SMILES string of the molecule is CCNC(=NCC(C)(O)c1ccco1)NCC(F)F.I. The molecule has 8 heteroatoms. The van der Waals surface area contributed by atoms with Gasteiger partial charge in [0.15, 0.2) is 5.96 Å². The minimum Gasteiger partial charge on any atom is -0.466 e. The van der Waals surface area contributed by atoms with Crippen LogP contribution in [0.25, 0.3) is 0 Å². The molecule has 116 valence electrons. The Kier molecular flexibility index (Phi) is 8.70. The fourth-order valence-electron chi connectivity index (χ4n) is 1.41. The van der Waals surface area contributed by atoms with Gasteiger partial charge in [0, 0.05) is 6.54 Å². The average Bonchev–Trinajstić information content (AvgIpc) is 2.87. The van der Waals surface area contributed by atoms with Gasteiger partial charge in [0.1, 0.15) is 11.4 Å². The number of hydrogen-bond acceptors (Lipinski definition) is 3. The van der Waals surface area contributed by atoms with Crippen LogP contribution in [0.3, 0.4) is 0 Å². The summed E-state index contributed by atoms with van der Waals surface area (Å²) in [5, 5.41) is 15.5. The van der Waals surface area contributed by atoms with Crippen molar-refractivity contribution in [1.29, 1.82) is 0 Å². The van der Waals surface area contributed by atoms with E-state index in [1.807, 2.05) is 6.92 Å². The summed E-state index contributed by atoms with van der Waals surface area (Å²) in [5.41, 5.74) is -1.28. The van der Waals surface area contributed by atoms with E-state index in [0.717, 1.165) is 0 Å². The van der Waals surface area contributed by atoms with E-state index < -0.39 is 18.6 Å². The molecule has 0 aliphatic carbocycles. The standard InChI is InChI=1S/C12H19F2N3O2.HI/c1-3-15-11(16-7-10(13)14)17-8-12(2,18)9-5-4-6-19-9;/h4-6,10,18H,3,7-8H2,1-2H3,(H2,15,16,17);1H. The topological polar surface area (TPSA) is 69.8 Å². The Labute approximate surface area is 133 Å². The highest BCUT2D eigenvalue weighted by molar-refractivity contribution is 14.0. The lowest BCUT2D eigenvalue weighted by atomic mass is 10.0. The maximum absolute atomic E-state index is 12.1. The van der Waals surface area contributed by atoms with Crippen LogP contribution >= 0.6 is 24.0 Å². The number of rotatable bonds is 6. The van der Waals surface area contributed by atoms with Crippen LogP contribution in [0.4, 0.5) is 8.78 Å². The first-order valence-electron chi connectivity index (χ1n) is 6.02. The molecule has 0 spiro atoms. The number of nitrogens with zero attached hydrogens (tertiary/aromatic N) is 1. The number of aliphatic imine (C=N–C) groups is 1. The van der Waals surface area contributed by atoms with Gasteiger partial charge in [-0.15, -0.1) is 24.0 Å². The van der Waals surface area contributed by atoms with E-state index in [0.29, 0.717) is 12.3 Å². The Hall–Kier alpha value is -0.900. The average molecular weight is 403 g/mol. The monoisotopic (exact) mass is 403 g/mol. The Morgan fingerprint density at radius 2 is 2.20 bits per heavy atom. The first kappa shape index (κ1) is 19.1. The summed E-state index contributed by atoms with van der Waals surface area (Å²) < 4.78 is 29.4. The van der Waals surface area contributed by atoms with E-state index in [-0.39, 0.29) is 36.5 Å². The molecule has 0 saturated carbocycles. The molecule has 1 rings (SSSR count). The van der Waals surface area contributed by atoms with Crippen LogP contribution in [0, 0.1) is 0 Å². The maximum atomic E-state index is 12.1. The summed E-state index contributed by atoms with van der Waals surface area (Å²) in [6.45, 7) is 3.42. The van der Waals surface area contributed by atoms with Crippen molar-refractivity contribution >= 4 is 29.9 Å². The molecule has 0 aliphatic rings. The lowest BCUT2D eigenvalue weighted by Crippen LogP contribution is -2.40. The predicted molar refractivity (Wildman–Crippen MR) is 83.7 cm³/mol. The third-order valence-electron chi connectivity index (χ3n) is 2.37. The molecule has 0 bridgehead atoms. The first-order valence-corrected chi connectivity index (χ1v) is 6.02. The molecule has 1 aromatic rings. The fourth-order valence-corrected chi connectivity index (χ4v) is 1.41. The Bertz CT molecular complexity index is 397. The minimum atomic E-state index is -2.46. The second-order valence-corrected chi connectivity index (χ2v) is 4.22. The Morgan fingerprint density at radius 1 is 1.50 bits per heavy atom. The van der Waals surface area contributed by atoms with Gasteiger partial charge in [-0.25, -0.2) is 13.8 Å². The van der Waals surface area contributed by atoms with E-state index in [9.17, 15) is 13.9 Å². The lowest BCUT2D eigenvalue weighted by molar-refractivity contribution is 0.0436. The third-order valence-corrected chi connectivity index (χ3v) is 2.37. The van der Waals surface area contributed by atoms with Gasteiger partial charge in [0.2, 0.25) is 0 Å². The first-order chi connectivity index (χ1) is 8.95.